The number of hydrogen-bond acceptors (Lipinski definition) is 2. The molecule has 0 saturated carbocycles. The van der Waals surface area contributed by atoms with Gasteiger partial charge in [0.25, 0.3) is 0 Å². The van der Waals surface area contributed by atoms with Crippen LogP contribution >= 0.6 is 0 Å². The Balaban J connectivity index is 2.07. The van der Waals surface area contributed by atoms with Crippen molar-refractivity contribution in [2.75, 3.05) is 26.2 Å². The van der Waals surface area contributed by atoms with Crippen LogP contribution in [-0.2, 0) is 0 Å². The lowest BCUT2D eigenvalue weighted by atomic mass is 9.81. The molecule has 0 bridgehead atoms. The van der Waals surface area contributed by atoms with Crippen LogP contribution in [0.2, 0.25) is 0 Å². The summed E-state index contributed by atoms with van der Waals surface area (Å²) in [5.74, 6) is 0. The van der Waals surface area contributed by atoms with Gasteiger partial charge in [-0.25, -0.2) is 0 Å². The first-order valence-electron chi connectivity index (χ1n) is 11.5. The van der Waals surface area contributed by atoms with Crippen LogP contribution in [-0.4, -0.2) is 47.6 Å². The van der Waals surface area contributed by atoms with Crippen molar-refractivity contribution < 1.29 is 0 Å². The Bertz CT molecular complexity index is 383. The third kappa shape index (κ3) is 5.70. The SMILES string of the molecule is C=CC(C=C)(C(CCCCCCCC)N1CCCCC1)N1CCCCC1. The first-order valence-corrected chi connectivity index (χ1v) is 11.5. The van der Waals surface area contributed by atoms with E-state index in [1.807, 2.05) is 0 Å². The van der Waals surface area contributed by atoms with Crippen LogP contribution in [0.25, 0.3) is 0 Å². The second-order valence-electron chi connectivity index (χ2n) is 8.51. The Morgan fingerprint density at radius 2 is 1.31 bits per heavy atom. The van der Waals surface area contributed by atoms with E-state index in [9.17, 15) is 0 Å². The van der Waals surface area contributed by atoms with E-state index in [0.29, 0.717) is 6.04 Å². The zero-order valence-electron chi connectivity index (χ0n) is 17.6. The van der Waals surface area contributed by atoms with Gasteiger partial charge in [0.1, 0.15) is 0 Å². The minimum Gasteiger partial charge on any atom is -0.298 e. The Morgan fingerprint density at radius 1 is 0.769 bits per heavy atom. The highest BCUT2D eigenvalue weighted by atomic mass is 15.3. The summed E-state index contributed by atoms with van der Waals surface area (Å²) >= 11 is 0. The van der Waals surface area contributed by atoms with Gasteiger partial charge in [0.15, 0.2) is 0 Å². The molecule has 0 aliphatic carbocycles. The van der Waals surface area contributed by atoms with Gasteiger partial charge in [-0.2, -0.15) is 0 Å². The molecule has 2 heterocycles. The summed E-state index contributed by atoms with van der Waals surface area (Å²) < 4.78 is 0. The van der Waals surface area contributed by atoms with Crippen LogP contribution in [0.3, 0.4) is 0 Å². The maximum absolute atomic E-state index is 4.32. The molecular formula is C24H44N2. The molecule has 0 aromatic heterocycles. The van der Waals surface area contributed by atoms with Crippen LogP contribution in [0, 0.1) is 0 Å². The monoisotopic (exact) mass is 360 g/mol. The van der Waals surface area contributed by atoms with Gasteiger partial charge in [-0.1, -0.05) is 70.4 Å². The van der Waals surface area contributed by atoms with Crippen LogP contribution in [0.1, 0.15) is 90.4 Å². The number of hydrogen-bond donors (Lipinski definition) is 0. The maximum Gasteiger partial charge on any atom is 0.0727 e. The van der Waals surface area contributed by atoms with E-state index in [4.69, 9.17) is 0 Å². The molecule has 2 aliphatic heterocycles. The van der Waals surface area contributed by atoms with Crippen molar-refractivity contribution in [1.29, 1.82) is 0 Å². The normalized spacial score (nSPS) is 21.4. The number of rotatable bonds is 12. The van der Waals surface area contributed by atoms with Gasteiger partial charge in [0.2, 0.25) is 0 Å². The van der Waals surface area contributed by atoms with Gasteiger partial charge in [-0.15, -0.1) is 13.2 Å². The average Bonchev–Trinajstić information content (AvgIpc) is 2.71. The standard InChI is InChI=1S/C24H44N2/c1-4-7-8-9-10-13-18-23(25-19-14-11-15-20-25)24(5-2,6-3)26-21-16-12-17-22-26/h5-6,23H,2-4,7-22H2,1H3. The molecule has 2 rings (SSSR count). The quantitative estimate of drug-likeness (QED) is 0.302. The minimum atomic E-state index is -0.0405. The van der Waals surface area contributed by atoms with E-state index in [-0.39, 0.29) is 5.54 Å². The molecule has 2 saturated heterocycles. The van der Waals surface area contributed by atoms with Crippen molar-refractivity contribution in [2.24, 2.45) is 0 Å². The average molecular weight is 361 g/mol. The first-order chi connectivity index (χ1) is 12.8. The van der Waals surface area contributed by atoms with Gasteiger partial charge >= 0.3 is 0 Å². The van der Waals surface area contributed by atoms with Crippen molar-refractivity contribution in [3.8, 4) is 0 Å². The summed E-state index contributed by atoms with van der Waals surface area (Å²) in [6.07, 6.45) is 22.2. The van der Waals surface area contributed by atoms with E-state index in [2.05, 4.69) is 42.0 Å². The second kappa shape index (κ2) is 12.0. The van der Waals surface area contributed by atoms with Crippen LogP contribution in [0.15, 0.2) is 25.3 Å². The van der Waals surface area contributed by atoms with Crippen molar-refractivity contribution >= 4 is 0 Å². The number of nitrogens with zero attached hydrogens (tertiary/aromatic N) is 2. The highest BCUT2D eigenvalue weighted by Crippen LogP contribution is 2.34. The van der Waals surface area contributed by atoms with E-state index < -0.39 is 0 Å². The van der Waals surface area contributed by atoms with Crippen molar-refractivity contribution in [2.45, 2.75) is 102 Å². The molecule has 0 aromatic rings. The predicted molar refractivity (Wildman–Crippen MR) is 116 cm³/mol. The molecule has 0 aromatic carbocycles. The van der Waals surface area contributed by atoms with Gasteiger partial charge < -0.3 is 0 Å². The summed E-state index contributed by atoms with van der Waals surface area (Å²) in [6.45, 7) is 15.9. The maximum atomic E-state index is 4.32. The molecule has 2 heteroatoms. The van der Waals surface area contributed by atoms with Crippen LogP contribution in [0.5, 0.6) is 0 Å². The van der Waals surface area contributed by atoms with Crippen LogP contribution < -0.4 is 0 Å². The molecule has 0 N–H and O–H groups in total. The highest BCUT2D eigenvalue weighted by molar-refractivity contribution is 5.22. The largest absolute Gasteiger partial charge is 0.298 e. The highest BCUT2D eigenvalue weighted by Gasteiger charge is 2.42. The molecule has 1 atom stereocenters. The zero-order valence-corrected chi connectivity index (χ0v) is 17.6. The molecule has 150 valence electrons. The van der Waals surface area contributed by atoms with E-state index >= 15 is 0 Å². The lowest BCUT2D eigenvalue weighted by molar-refractivity contribution is 0.0290. The lowest BCUT2D eigenvalue weighted by Crippen LogP contribution is -2.61. The molecule has 2 aliphatic rings. The van der Waals surface area contributed by atoms with Gasteiger partial charge in [0.05, 0.1) is 5.54 Å². The fourth-order valence-corrected chi connectivity index (χ4v) is 5.16. The number of likely N-dealkylation sites (tertiary alicyclic amines) is 2. The van der Waals surface area contributed by atoms with Gasteiger partial charge in [-0.3, -0.25) is 9.80 Å². The predicted octanol–water partition coefficient (Wildman–Crippen LogP) is 6.19. The van der Waals surface area contributed by atoms with Gasteiger partial charge in [-0.05, 0) is 58.3 Å². The molecule has 2 nitrogen and oxygen atoms in total. The summed E-state index contributed by atoms with van der Waals surface area (Å²) in [5, 5.41) is 0. The third-order valence-corrected chi connectivity index (χ3v) is 6.75. The first kappa shape index (κ1) is 21.7. The Morgan fingerprint density at radius 3 is 1.88 bits per heavy atom. The van der Waals surface area contributed by atoms with Gasteiger partial charge in [0, 0.05) is 6.04 Å². The third-order valence-electron chi connectivity index (χ3n) is 6.75. The van der Waals surface area contributed by atoms with Crippen molar-refractivity contribution in [1.82, 2.24) is 9.80 Å². The van der Waals surface area contributed by atoms with E-state index in [0.717, 1.165) is 0 Å². The number of unbranched alkanes of at least 4 members (excludes halogenated alkanes) is 5. The Hall–Kier alpha value is -0.600. The fraction of sp³-hybridized carbons (Fsp3) is 0.833. The summed E-state index contributed by atoms with van der Waals surface area (Å²) in [6, 6.07) is 0.557. The summed E-state index contributed by atoms with van der Waals surface area (Å²) in [4.78, 5) is 5.49. The number of piperidine rings is 2. The fourth-order valence-electron chi connectivity index (χ4n) is 5.16. The minimum absolute atomic E-state index is 0.0405. The second-order valence-corrected chi connectivity index (χ2v) is 8.51. The summed E-state index contributed by atoms with van der Waals surface area (Å²) in [5.41, 5.74) is -0.0405. The van der Waals surface area contributed by atoms with Crippen LogP contribution in [0.4, 0.5) is 0 Å². The zero-order chi connectivity index (χ0) is 18.7. The molecule has 26 heavy (non-hydrogen) atoms. The Labute approximate surface area is 163 Å². The Kier molecular flexibility index (Phi) is 9.99. The molecule has 2 fully saturated rings. The molecule has 0 spiro atoms. The molecular weight excluding hydrogens is 316 g/mol. The van der Waals surface area contributed by atoms with E-state index in [1.165, 1.54) is 110 Å². The summed E-state index contributed by atoms with van der Waals surface area (Å²) in [7, 11) is 0. The molecule has 0 amide bonds. The van der Waals surface area contributed by atoms with Crippen molar-refractivity contribution in [3.05, 3.63) is 25.3 Å². The molecule has 0 radical (unpaired) electrons. The lowest BCUT2D eigenvalue weighted by Gasteiger charge is -2.51. The van der Waals surface area contributed by atoms with Crippen molar-refractivity contribution in [3.63, 3.8) is 0 Å². The molecule has 1 unspecified atom stereocenters. The smallest absolute Gasteiger partial charge is 0.0727 e. The topological polar surface area (TPSA) is 6.48 Å². The van der Waals surface area contributed by atoms with E-state index in [1.54, 1.807) is 0 Å².